The summed E-state index contributed by atoms with van der Waals surface area (Å²) in [5.74, 6) is 0.854. The maximum atomic E-state index is 12.5. The van der Waals surface area contributed by atoms with Crippen molar-refractivity contribution in [2.24, 2.45) is 0 Å². The summed E-state index contributed by atoms with van der Waals surface area (Å²) in [5.41, 5.74) is -0.804. The number of imide groups is 1. The number of hydrogen-bond donors (Lipinski definition) is 1. The summed E-state index contributed by atoms with van der Waals surface area (Å²) in [6.07, 6.45) is 0.621. The van der Waals surface area contributed by atoms with Crippen molar-refractivity contribution in [1.82, 2.24) is 15.1 Å². The lowest BCUT2D eigenvalue weighted by molar-refractivity contribution is -0.138. The van der Waals surface area contributed by atoms with E-state index in [2.05, 4.69) is 5.32 Å². The second kappa shape index (κ2) is 6.33. The summed E-state index contributed by atoms with van der Waals surface area (Å²) in [5, 5.41) is 2.76. The Balaban J connectivity index is 1.63. The minimum absolute atomic E-state index is 0.229. The van der Waals surface area contributed by atoms with Crippen molar-refractivity contribution in [3.63, 3.8) is 0 Å². The SMILES string of the molecule is CN(Cc1ccc(Cl)s1)C(=O)CN1C(=O)NC2(CCSC2)C1=O. The Morgan fingerprint density at radius 2 is 2.26 bits per heavy atom. The van der Waals surface area contributed by atoms with Gasteiger partial charge in [-0.3, -0.25) is 14.5 Å². The Morgan fingerprint density at radius 1 is 1.48 bits per heavy atom. The van der Waals surface area contributed by atoms with Crippen molar-refractivity contribution >= 4 is 52.5 Å². The van der Waals surface area contributed by atoms with Gasteiger partial charge in [-0.25, -0.2) is 4.79 Å². The molecule has 2 aliphatic rings. The first-order valence-electron chi connectivity index (χ1n) is 7.11. The van der Waals surface area contributed by atoms with Crippen LogP contribution in [0.15, 0.2) is 12.1 Å². The lowest BCUT2D eigenvalue weighted by Gasteiger charge is -2.21. The largest absolute Gasteiger partial charge is 0.339 e. The van der Waals surface area contributed by atoms with E-state index in [1.807, 2.05) is 6.07 Å². The summed E-state index contributed by atoms with van der Waals surface area (Å²) < 4.78 is 0.663. The number of urea groups is 1. The van der Waals surface area contributed by atoms with Gasteiger partial charge in [-0.15, -0.1) is 11.3 Å². The third-order valence-corrected chi connectivity index (χ3v) is 6.41. The average molecular weight is 374 g/mol. The van der Waals surface area contributed by atoms with Crippen molar-refractivity contribution in [3.05, 3.63) is 21.3 Å². The zero-order chi connectivity index (χ0) is 16.6. The highest BCUT2D eigenvalue weighted by molar-refractivity contribution is 7.99. The molecule has 9 heteroatoms. The van der Waals surface area contributed by atoms with Gasteiger partial charge in [0.25, 0.3) is 5.91 Å². The van der Waals surface area contributed by atoms with Gasteiger partial charge in [0.05, 0.1) is 10.9 Å². The topological polar surface area (TPSA) is 69.7 Å². The molecular weight excluding hydrogens is 358 g/mol. The number of thioether (sulfide) groups is 1. The predicted octanol–water partition coefficient (Wildman–Crippen LogP) is 1.79. The second-order valence-electron chi connectivity index (χ2n) is 5.66. The first kappa shape index (κ1) is 16.6. The molecule has 6 nitrogen and oxygen atoms in total. The van der Waals surface area contributed by atoms with E-state index in [9.17, 15) is 14.4 Å². The van der Waals surface area contributed by atoms with E-state index in [1.165, 1.54) is 16.2 Å². The van der Waals surface area contributed by atoms with E-state index >= 15 is 0 Å². The number of nitrogens with one attached hydrogen (secondary N) is 1. The van der Waals surface area contributed by atoms with Crippen molar-refractivity contribution in [1.29, 1.82) is 0 Å². The molecule has 0 radical (unpaired) electrons. The van der Waals surface area contributed by atoms with Crippen molar-refractivity contribution < 1.29 is 14.4 Å². The van der Waals surface area contributed by atoms with Crippen LogP contribution >= 0.6 is 34.7 Å². The van der Waals surface area contributed by atoms with Crippen LogP contribution in [0, 0.1) is 0 Å². The molecule has 0 aromatic carbocycles. The molecule has 0 aliphatic carbocycles. The van der Waals surface area contributed by atoms with Gasteiger partial charge in [-0.05, 0) is 24.3 Å². The number of hydrogen-bond acceptors (Lipinski definition) is 5. The van der Waals surface area contributed by atoms with Gasteiger partial charge < -0.3 is 10.2 Å². The Kier molecular flexibility index (Phi) is 4.57. The molecule has 23 heavy (non-hydrogen) atoms. The van der Waals surface area contributed by atoms with E-state index in [1.54, 1.807) is 24.9 Å². The fraction of sp³-hybridized carbons (Fsp3) is 0.500. The van der Waals surface area contributed by atoms with E-state index in [0.717, 1.165) is 15.5 Å². The highest BCUT2D eigenvalue weighted by Gasteiger charge is 2.53. The van der Waals surface area contributed by atoms with Gasteiger partial charge in [-0.1, -0.05) is 11.6 Å². The molecule has 4 amide bonds. The smallest absolute Gasteiger partial charge is 0.325 e. The summed E-state index contributed by atoms with van der Waals surface area (Å²) in [6, 6.07) is 3.16. The molecule has 2 fully saturated rings. The summed E-state index contributed by atoms with van der Waals surface area (Å²) in [4.78, 5) is 40.4. The molecule has 3 heterocycles. The molecule has 0 bridgehead atoms. The number of halogens is 1. The van der Waals surface area contributed by atoms with Crippen LogP contribution in [0.5, 0.6) is 0 Å². The molecule has 1 aromatic rings. The fourth-order valence-electron chi connectivity index (χ4n) is 2.67. The Morgan fingerprint density at radius 3 is 2.87 bits per heavy atom. The van der Waals surface area contributed by atoms with Crippen LogP contribution in [0.1, 0.15) is 11.3 Å². The molecular formula is C14H16ClN3O3S2. The summed E-state index contributed by atoms with van der Waals surface area (Å²) in [7, 11) is 1.65. The molecule has 1 aromatic heterocycles. The number of thiophene rings is 1. The Bertz CT molecular complexity index is 657. The molecule has 3 rings (SSSR count). The number of carbonyl (C=O) groups is 3. The first-order chi connectivity index (χ1) is 10.9. The van der Waals surface area contributed by atoms with Crippen molar-refractivity contribution in [2.75, 3.05) is 25.1 Å². The van der Waals surface area contributed by atoms with E-state index in [4.69, 9.17) is 11.6 Å². The van der Waals surface area contributed by atoms with E-state index < -0.39 is 11.6 Å². The van der Waals surface area contributed by atoms with Crippen LogP contribution < -0.4 is 5.32 Å². The predicted molar refractivity (Wildman–Crippen MR) is 90.7 cm³/mol. The van der Waals surface area contributed by atoms with Crippen LogP contribution in [0.2, 0.25) is 4.34 Å². The summed E-state index contributed by atoms with van der Waals surface area (Å²) in [6.45, 7) is 0.174. The van der Waals surface area contributed by atoms with Crippen LogP contribution in [0.4, 0.5) is 4.79 Å². The van der Waals surface area contributed by atoms with Gasteiger partial charge in [0.2, 0.25) is 5.91 Å². The molecule has 2 aliphatic heterocycles. The van der Waals surface area contributed by atoms with Gasteiger partial charge in [0, 0.05) is 17.7 Å². The third-order valence-electron chi connectivity index (χ3n) is 4.01. The van der Waals surface area contributed by atoms with Crippen LogP contribution in [0.25, 0.3) is 0 Å². The van der Waals surface area contributed by atoms with Crippen LogP contribution in [0.3, 0.4) is 0 Å². The number of carbonyl (C=O) groups excluding carboxylic acids is 3. The normalized spacial score (nSPS) is 23.7. The third kappa shape index (κ3) is 3.20. The maximum Gasteiger partial charge on any atom is 0.325 e. The number of likely N-dealkylation sites (N-methyl/N-ethyl adjacent to an activating group) is 1. The van der Waals surface area contributed by atoms with Crippen LogP contribution in [-0.2, 0) is 16.1 Å². The van der Waals surface area contributed by atoms with Gasteiger partial charge >= 0.3 is 6.03 Å². The van der Waals surface area contributed by atoms with Gasteiger partial charge in [-0.2, -0.15) is 11.8 Å². The number of amides is 4. The fourth-order valence-corrected chi connectivity index (χ4v) is 5.13. The minimum atomic E-state index is -0.804. The zero-order valence-corrected chi connectivity index (χ0v) is 14.9. The highest BCUT2D eigenvalue weighted by atomic mass is 35.5. The van der Waals surface area contributed by atoms with Crippen LogP contribution in [-0.4, -0.2) is 58.3 Å². The Hall–Kier alpha value is -1.25. The van der Waals surface area contributed by atoms with E-state index in [0.29, 0.717) is 23.1 Å². The quantitative estimate of drug-likeness (QED) is 0.817. The molecule has 1 atom stereocenters. The second-order valence-corrected chi connectivity index (χ2v) is 8.57. The number of rotatable bonds is 4. The van der Waals surface area contributed by atoms with Crippen molar-refractivity contribution in [3.8, 4) is 0 Å². The molecule has 0 saturated carbocycles. The molecule has 124 valence electrons. The molecule has 1 N–H and O–H groups in total. The number of nitrogens with zero attached hydrogens (tertiary/aromatic N) is 2. The Labute approximate surface area is 147 Å². The molecule has 2 saturated heterocycles. The van der Waals surface area contributed by atoms with Crippen molar-refractivity contribution in [2.45, 2.75) is 18.5 Å². The lowest BCUT2D eigenvalue weighted by atomic mass is 9.99. The lowest BCUT2D eigenvalue weighted by Crippen LogP contribution is -2.47. The minimum Gasteiger partial charge on any atom is -0.339 e. The first-order valence-corrected chi connectivity index (χ1v) is 9.46. The maximum absolute atomic E-state index is 12.5. The molecule has 1 spiro atoms. The van der Waals surface area contributed by atoms with Gasteiger partial charge in [0.1, 0.15) is 12.1 Å². The zero-order valence-electron chi connectivity index (χ0n) is 12.5. The highest BCUT2D eigenvalue weighted by Crippen LogP contribution is 2.33. The van der Waals surface area contributed by atoms with E-state index in [-0.39, 0.29) is 18.4 Å². The monoisotopic (exact) mass is 373 g/mol. The van der Waals surface area contributed by atoms with Gasteiger partial charge in [0.15, 0.2) is 0 Å². The molecule has 1 unspecified atom stereocenters. The average Bonchev–Trinajstić information content (AvgIpc) is 3.18. The standard InChI is InChI=1S/C14H16ClN3O3S2/c1-17(6-9-2-3-10(15)23-9)11(19)7-18-12(20)14(16-13(18)21)4-5-22-8-14/h2-3H,4-8H2,1H3,(H,16,21). The summed E-state index contributed by atoms with van der Waals surface area (Å²) >= 11 is 8.92.